The molecule has 0 aliphatic carbocycles. The van der Waals surface area contributed by atoms with Crippen molar-refractivity contribution in [2.75, 3.05) is 24.8 Å². The number of methoxy groups -OCH3 is 1. The molecule has 0 bridgehead atoms. The van der Waals surface area contributed by atoms with Crippen LogP contribution in [0.5, 0.6) is 5.75 Å². The zero-order valence-corrected chi connectivity index (χ0v) is 17.2. The summed E-state index contributed by atoms with van der Waals surface area (Å²) in [5.74, 6) is 2.07. The van der Waals surface area contributed by atoms with Gasteiger partial charge in [-0.05, 0) is 39.0 Å². The van der Waals surface area contributed by atoms with Crippen molar-refractivity contribution in [3.63, 3.8) is 0 Å². The van der Waals surface area contributed by atoms with Crippen LogP contribution in [-0.4, -0.2) is 29.1 Å². The number of ether oxygens (including phenoxy) is 1. The first-order chi connectivity index (χ1) is 14.0. The lowest BCUT2D eigenvalue weighted by atomic mass is 10.1. The fourth-order valence-corrected chi connectivity index (χ4v) is 3.46. The Bertz CT molecular complexity index is 1210. The Balaban J connectivity index is 1.73. The molecule has 148 valence electrons. The Morgan fingerprint density at radius 3 is 2.62 bits per heavy atom. The van der Waals surface area contributed by atoms with Crippen LogP contribution in [0.4, 0.5) is 17.5 Å². The average Bonchev–Trinajstić information content (AvgIpc) is 3.11. The van der Waals surface area contributed by atoms with Crippen molar-refractivity contribution in [2.24, 2.45) is 4.99 Å². The molecule has 2 N–H and O–H groups in total. The van der Waals surface area contributed by atoms with E-state index in [0.29, 0.717) is 5.95 Å². The molecule has 8 heteroatoms. The Kier molecular flexibility index (Phi) is 4.84. The van der Waals surface area contributed by atoms with E-state index >= 15 is 0 Å². The van der Waals surface area contributed by atoms with Gasteiger partial charge in [-0.1, -0.05) is 4.99 Å². The zero-order chi connectivity index (χ0) is 20.5. The fourth-order valence-electron chi connectivity index (χ4n) is 3.46. The predicted molar refractivity (Wildman–Crippen MR) is 110 cm³/mol. The van der Waals surface area contributed by atoms with Gasteiger partial charge >= 0.3 is 5.49 Å². The van der Waals surface area contributed by atoms with Crippen LogP contribution >= 0.6 is 0 Å². The lowest BCUT2D eigenvalue weighted by Crippen LogP contribution is -2.37. The van der Waals surface area contributed by atoms with Crippen molar-refractivity contribution in [3.05, 3.63) is 64.8 Å². The summed E-state index contributed by atoms with van der Waals surface area (Å²) in [6, 6.07) is 7.62. The molecule has 0 spiro atoms. The first kappa shape index (κ1) is 18.8. The van der Waals surface area contributed by atoms with Crippen molar-refractivity contribution >= 4 is 17.5 Å². The summed E-state index contributed by atoms with van der Waals surface area (Å²) < 4.78 is 7.63. The summed E-state index contributed by atoms with van der Waals surface area (Å²) in [7, 11) is 3.50. The number of aromatic nitrogens is 4. The summed E-state index contributed by atoms with van der Waals surface area (Å²) >= 11 is 0. The van der Waals surface area contributed by atoms with Gasteiger partial charge in [0, 0.05) is 24.5 Å². The lowest BCUT2D eigenvalue weighted by Gasteiger charge is -2.12. The van der Waals surface area contributed by atoms with Gasteiger partial charge in [0.2, 0.25) is 12.0 Å². The van der Waals surface area contributed by atoms with Gasteiger partial charge in [0.15, 0.2) is 0 Å². The summed E-state index contributed by atoms with van der Waals surface area (Å²) in [6.45, 7) is 5.89. The molecule has 1 unspecified atom stereocenters. The minimum Gasteiger partial charge on any atom is -0.496 e. The monoisotopic (exact) mass is 390 g/mol. The van der Waals surface area contributed by atoms with E-state index < -0.39 is 0 Å². The molecule has 1 atom stereocenters. The van der Waals surface area contributed by atoms with Crippen LogP contribution in [0.3, 0.4) is 0 Å². The van der Waals surface area contributed by atoms with E-state index in [1.807, 2.05) is 62.5 Å². The van der Waals surface area contributed by atoms with Gasteiger partial charge in [-0.25, -0.2) is 9.97 Å². The van der Waals surface area contributed by atoms with E-state index in [2.05, 4.69) is 31.8 Å². The van der Waals surface area contributed by atoms with E-state index in [4.69, 9.17) is 9.73 Å². The van der Waals surface area contributed by atoms with E-state index in [-0.39, 0.29) is 6.04 Å². The lowest BCUT2D eigenvalue weighted by molar-refractivity contribution is -0.525. The minimum absolute atomic E-state index is 0.166. The topological polar surface area (TPSA) is 90.2 Å². The molecule has 29 heavy (non-hydrogen) atoms. The van der Waals surface area contributed by atoms with E-state index in [0.717, 1.165) is 45.4 Å². The summed E-state index contributed by atoms with van der Waals surface area (Å²) in [5.41, 5.74) is 5.43. The first-order valence-corrected chi connectivity index (χ1v) is 9.40. The Morgan fingerprint density at radius 1 is 1.03 bits per heavy atom. The number of hydrogen-bond donors (Lipinski definition) is 2. The number of anilines is 3. The SMILES string of the molecule is CNc1cc(C)nc(Nc2ccc(OC)c(C3C=[n+]4cc(C)nc(C)c4=N3)c2)n1. The molecule has 3 heterocycles. The molecular formula is C21H24N7O+. The highest BCUT2D eigenvalue weighted by molar-refractivity contribution is 5.59. The molecular weight excluding hydrogens is 366 g/mol. The second kappa shape index (κ2) is 7.46. The quantitative estimate of drug-likeness (QED) is 0.650. The number of nitrogens with one attached hydrogen (secondary N) is 2. The third kappa shape index (κ3) is 3.73. The van der Waals surface area contributed by atoms with Crippen LogP contribution < -0.4 is 25.1 Å². The van der Waals surface area contributed by atoms with Crippen LogP contribution in [0.2, 0.25) is 0 Å². The van der Waals surface area contributed by atoms with Gasteiger partial charge in [0.25, 0.3) is 0 Å². The summed E-state index contributed by atoms with van der Waals surface area (Å²) in [4.78, 5) is 18.3. The van der Waals surface area contributed by atoms with Crippen LogP contribution in [0.25, 0.3) is 0 Å². The Morgan fingerprint density at radius 2 is 1.86 bits per heavy atom. The number of rotatable bonds is 5. The smallest absolute Gasteiger partial charge is 0.344 e. The van der Waals surface area contributed by atoms with E-state index in [1.54, 1.807) is 7.11 Å². The van der Waals surface area contributed by atoms with Gasteiger partial charge < -0.3 is 15.4 Å². The molecule has 0 radical (unpaired) electrons. The molecule has 1 aliphatic rings. The molecule has 4 rings (SSSR count). The van der Waals surface area contributed by atoms with Gasteiger partial charge in [-0.2, -0.15) is 9.23 Å². The molecule has 0 saturated heterocycles. The van der Waals surface area contributed by atoms with Crippen molar-refractivity contribution in [1.29, 1.82) is 0 Å². The van der Waals surface area contributed by atoms with E-state index in [9.17, 15) is 0 Å². The maximum atomic E-state index is 5.60. The van der Waals surface area contributed by atoms with Crippen LogP contribution in [0, 0.1) is 27.0 Å². The average molecular weight is 390 g/mol. The number of nitrogens with zero attached hydrogens (tertiary/aromatic N) is 5. The molecule has 3 aromatic rings. The van der Waals surface area contributed by atoms with Gasteiger partial charge in [0.05, 0.1) is 18.4 Å². The van der Waals surface area contributed by atoms with Crippen LogP contribution in [0.15, 0.2) is 35.5 Å². The summed E-state index contributed by atoms with van der Waals surface area (Å²) in [6.07, 6.45) is 4.06. The molecule has 0 saturated carbocycles. The maximum absolute atomic E-state index is 5.60. The van der Waals surface area contributed by atoms with Gasteiger partial charge in [-0.3, -0.25) is 0 Å². The molecule has 0 fully saturated rings. The highest BCUT2D eigenvalue weighted by Crippen LogP contribution is 2.32. The zero-order valence-electron chi connectivity index (χ0n) is 17.2. The molecule has 1 aliphatic heterocycles. The van der Waals surface area contributed by atoms with E-state index in [1.165, 1.54) is 0 Å². The molecule has 1 aromatic carbocycles. The maximum Gasteiger partial charge on any atom is 0.344 e. The number of fused-ring (bicyclic) bond motifs is 1. The number of aryl methyl sites for hydroxylation is 3. The number of hydrogen-bond acceptors (Lipinski definition) is 7. The van der Waals surface area contributed by atoms with Crippen LogP contribution in [0.1, 0.15) is 28.7 Å². The largest absolute Gasteiger partial charge is 0.496 e. The third-order valence-corrected chi connectivity index (χ3v) is 4.72. The Labute approximate surface area is 169 Å². The van der Waals surface area contributed by atoms with Crippen molar-refractivity contribution in [3.8, 4) is 5.75 Å². The minimum atomic E-state index is -0.166. The highest BCUT2D eigenvalue weighted by atomic mass is 16.5. The summed E-state index contributed by atoms with van der Waals surface area (Å²) in [5, 5.41) is 6.33. The third-order valence-electron chi connectivity index (χ3n) is 4.72. The van der Waals surface area contributed by atoms with Crippen molar-refractivity contribution in [1.82, 2.24) is 15.0 Å². The normalized spacial score (nSPS) is 14.6. The van der Waals surface area contributed by atoms with Gasteiger partial charge in [-0.15, -0.1) is 0 Å². The highest BCUT2D eigenvalue weighted by Gasteiger charge is 2.26. The standard InChI is InChI=1S/C21H24N7O/c1-12-8-19(22-4)27-21(24-12)25-15-6-7-18(29-5)16(9-15)17-11-28-10-13(2)23-14(3)20(28)26-17/h6-11,17H,1-5H3,(H2,22,24,25,27)/q+1. The second-order valence-corrected chi connectivity index (χ2v) is 6.97. The number of benzene rings is 1. The van der Waals surface area contributed by atoms with Crippen LogP contribution in [-0.2, 0) is 0 Å². The van der Waals surface area contributed by atoms with Gasteiger partial charge in [0.1, 0.15) is 29.7 Å². The van der Waals surface area contributed by atoms with Crippen molar-refractivity contribution in [2.45, 2.75) is 26.8 Å². The Hall–Kier alpha value is -3.55. The first-order valence-electron chi connectivity index (χ1n) is 9.40. The predicted octanol–water partition coefficient (Wildman–Crippen LogP) is 2.26. The van der Waals surface area contributed by atoms with Crippen molar-refractivity contribution < 1.29 is 8.98 Å². The molecule has 2 aromatic heterocycles. The fraction of sp³-hybridized carbons (Fsp3) is 0.286. The second-order valence-electron chi connectivity index (χ2n) is 6.97. The molecule has 8 nitrogen and oxygen atoms in total. The molecule has 0 amide bonds.